The second kappa shape index (κ2) is 9.07. The van der Waals surface area contributed by atoms with Crippen LogP contribution in [0.15, 0.2) is 24.3 Å². The zero-order chi connectivity index (χ0) is 16.5. The Bertz CT molecular complexity index is 501. The summed E-state index contributed by atoms with van der Waals surface area (Å²) in [6.07, 6.45) is 0.997. The van der Waals surface area contributed by atoms with Crippen LogP contribution in [0.4, 0.5) is 0 Å². The van der Waals surface area contributed by atoms with Gasteiger partial charge in [-0.2, -0.15) is 0 Å². The molecule has 0 N–H and O–H groups in total. The monoisotopic (exact) mass is 307 g/mol. The molecule has 0 fully saturated rings. The smallest absolute Gasteiger partial charge is 0.325 e. The minimum Gasteiger partial charge on any atom is -0.483 e. The normalized spacial score (nSPS) is 11.6. The molecule has 0 saturated carbocycles. The van der Waals surface area contributed by atoms with E-state index in [1.807, 2.05) is 24.3 Å². The van der Waals surface area contributed by atoms with E-state index in [2.05, 4.69) is 13.8 Å². The Morgan fingerprint density at radius 1 is 1.23 bits per heavy atom. The maximum atomic E-state index is 12.0. The van der Waals surface area contributed by atoms with Gasteiger partial charge in [0, 0.05) is 7.05 Å². The van der Waals surface area contributed by atoms with Crippen molar-refractivity contribution in [3.63, 3.8) is 0 Å². The minimum absolute atomic E-state index is 0.0664. The molecule has 0 aliphatic heterocycles. The van der Waals surface area contributed by atoms with Crippen molar-refractivity contribution < 1.29 is 19.1 Å². The Labute approximate surface area is 132 Å². The van der Waals surface area contributed by atoms with Crippen LogP contribution in [0.3, 0.4) is 0 Å². The van der Waals surface area contributed by atoms with Gasteiger partial charge in [0.15, 0.2) is 6.61 Å². The number of carbonyl (C=O) groups is 2. The van der Waals surface area contributed by atoms with E-state index in [0.717, 1.165) is 17.7 Å². The van der Waals surface area contributed by atoms with Gasteiger partial charge < -0.3 is 14.4 Å². The summed E-state index contributed by atoms with van der Waals surface area (Å²) in [5, 5.41) is 0. The first-order chi connectivity index (χ1) is 10.5. The van der Waals surface area contributed by atoms with Crippen molar-refractivity contribution in [3.05, 3.63) is 29.8 Å². The first kappa shape index (κ1) is 18.0. The molecule has 5 nitrogen and oxygen atoms in total. The number of para-hydroxylation sites is 1. The van der Waals surface area contributed by atoms with E-state index in [-0.39, 0.29) is 19.1 Å². The van der Waals surface area contributed by atoms with Crippen LogP contribution < -0.4 is 4.74 Å². The molecule has 0 spiro atoms. The molecule has 0 bridgehead atoms. The third kappa shape index (κ3) is 5.39. The van der Waals surface area contributed by atoms with Gasteiger partial charge in [-0.15, -0.1) is 0 Å². The lowest BCUT2D eigenvalue weighted by molar-refractivity contribution is -0.148. The van der Waals surface area contributed by atoms with Crippen molar-refractivity contribution in [1.29, 1.82) is 0 Å². The van der Waals surface area contributed by atoms with Gasteiger partial charge in [-0.25, -0.2) is 0 Å². The molecule has 0 aromatic heterocycles. The number of rotatable bonds is 8. The SMILES string of the molecule is CCOC(=O)CN(C)C(=O)COc1ccccc1C(C)CC. The van der Waals surface area contributed by atoms with Crippen molar-refractivity contribution in [2.75, 3.05) is 26.8 Å². The number of hydrogen-bond donors (Lipinski definition) is 0. The third-order valence-electron chi connectivity index (χ3n) is 3.51. The summed E-state index contributed by atoms with van der Waals surface area (Å²) >= 11 is 0. The second-order valence-electron chi connectivity index (χ2n) is 5.19. The summed E-state index contributed by atoms with van der Waals surface area (Å²) < 4.78 is 10.5. The molecule has 0 heterocycles. The summed E-state index contributed by atoms with van der Waals surface area (Å²) in [5.74, 6) is 0.406. The van der Waals surface area contributed by atoms with Crippen molar-refractivity contribution in [3.8, 4) is 5.75 Å². The lowest BCUT2D eigenvalue weighted by Gasteiger charge is -2.18. The summed E-state index contributed by atoms with van der Waals surface area (Å²) in [6, 6.07) is 7.72. The molecule has 0 saturated heterocycles. The van der Waals surface area contributed by atoms with Crippen molar-refractivity contribution in [1.82, 2.24) is 4.90 Å². The van der Waals surface area contributed by atoms with Crippen molar-refractivity contribution >= 4 is 11.9 Å². The van der Waals surface area contributed by atoms with E-state index in [9.17, 15) is 9.59 Å². The highest BCUT2D eigenvalue weighted by Gasteiger charge is 2.16. The fourth-order valence-corrected chi connectivity index (χ4v) is 1.98. The molecule has 5 heteroatoms. The molecule has 1 atom stereocenters. The van der Waals surface area contributed by atoms with Crippen LogP contribution >= 0.6 is 0 Å². The van der Waals surface area contributed by atoms with Crippen LogP contribution in [-0.4, -0.2) is 43.6 Å². The summed E-state index contributed by atoms with van der Waals surface area (Å²) in [4.78, 5) is 24.7. The highest BCUT2D eigenvalue weighted by atomic mass is 16.5. The van der Waals surface area contributed by atoms with Crippen molar-refractivity contribution in [2.24, 2.45) is 0 Å². The number of amides is 1. The minimum atomic E-state index is -0.418. The lowest BCUT2D eigenvalue weighted by Crippen LogP contribution is -2.36. The van der Waals surface area contributed by atoms with E-state index in [0.29, 0.717) is 12.5 Å². The number of esters is 1. The number of hydrogen-bond acceptors (Lipinski definition) is 4. The van der Waals surface area contributed by atoms with Crippen LogP contribution in [0.5, 0.6) is 5.75 Å². The van der Waals surface area contributed by atoms with Gasteiger partial charge in [-0.1, -0.05) is 32.0 Å². The topological polar surface area (TPSA) is 55.8 Å². The fraction of sp³-hybridized carbons (Fsp3) is 0.529. The lowest BCUT2D eigenvalue weighted by atomic mass is 9.98. The Morgan fingerprint density at radius 2 is 1.91 bits per heavy atom. The maximum Gasteiger partial charge on any atom is 0.325 e. The molecule has 1 unspecified atom stereocenters. The molecule has 1 aromatic carbocycles. The Morgan fingerprint density at radius 3 is 2.55 bits per heavy atom. The summed E-state index contributed by atoms with van der Waals surface area (Å²) in [5.41, 5.74) is 1.09. The molecule has 122 valence electrons. The predicted octanol–water partition coefficient (Wildman–Crippen LogP) is 2.60. The third-order valence-corrected chi connectivity index (χ3v) is 3.51. The molecule has 22 heavy (non-hydrogen) atoms. The number of likely N-dealkylation sites (N-methyl/N-ethyl adjacent to an activating group) is 1. The molecular formula is C17H25NO4. The van der Waals surface area contributed by atoms with Gasteiger partial charge in [0.05, 0.1) is 6.61 Å². The maximum absolute atomic E-state index is 12.0. The van der Waals surface area contributed by atoms with Gasteiger partial charge in [-0.05, 0) is 30.9 Å². The molecular weight excluding hydrogens is 282 g/mol. The number of ether oxygens (including phenoxy) is 2. The zero-order valence-electron chi connectivity index (χ0n) is 13.8. The quantitative estimate of drug-likeness (QED) is 0.693. The molecule has 1 amide bonds. The average molecular weight is 307 g/mol. The van der Waals surface area contributed by atoms with Gasteiger partial charge >= 0.3 is 5.97 Å². The van der Waals surface area contributed by atoms with Crippen LogP contribution in [-0.2, 0) is 14.3 Å². The first-order valence-electron chi connectivity index (χ1n) is 7.60. The first-order valence-corrected chi connectivity index (χ1v) is 7.60. The average Bonchev–Trinajstić information content (AvgIpc) is 2.52. The second-order valence-corrected chi connectivity index (χ2v) is 5.19. The Hall–Kier alpha value is -2.04. The molecule has 0 aliphatic carbocycles. The van der Waals surface area contributed by atoms with E-state index >= 15 is 0 Å². The Balaban J connectivity index is 2.59. The van der Waals surface area contributed by atoms with Crippen LogP contribution in [0.2, 0.25) is 0 Å². The van der Waals surface area contributed by atoms with Gasteiger partial charge in [0.2, 0.25) is 0 Å². The standard InChI is InChI=1S/C17H25NO4/c1-5-13(3)14-9-7-8-10-15(14)22-12-16(19)18(4)11-17(20)21-6-2/h7-10,13H,5-6,11-12H2,1-4H3. The predicted molar refractivity (Wildman–Crippen MR) is 84.9 cm³/mol. The van der Waals surface area contributed by atoms with Gasteiger partial charge in [-0.3, -0.25) is 9.59 Å². The molecule has 1 aromatic rings. The highest BCUT2D eigenvalue weighted by molar-refractivity contribution is 5.82. The van der Waals surface area contributed by atoms with Crippen LogP contribution in [0.25, 0.3) is 0 Å². The largest absolute Gasteiger partial charge is 0.483 e. The Kier molecular flexibility index (Phi) is 7.43. The van der Waals surface area contributed by atoms with E-state index in [4.69, 9.17) is 9.47 Å². The summed E-state index contributed by atoms with van der Waals surface area (Å²) in [6.45, 7) is 6.11. The molecule has 0 aliphatic rings. The van der Waals surface area contributed by atoms with Crippen LogP contribution in [0, 0.1) is 0 Å². The molecule has 1 rings (SSSR count). The van der Waals surface area contributed by atoms with E-state index < -0.39 is 5.97 Å². The van der Waals surface area contributed by atoms with E-state index in [1.165, 1.54) is 4.90 Å². The number of benzene rings is 1. The summed E-state index contributed by atoms with van der Waals surface area (Å²) in [7, 11) is 1.56. The van der Waals surface area contributed by atoms with Crippen LogP contribution in [0.1, 0.15) is 38.7 Å². The van der Waals surface area contributed by atoms with E-state index in [1.54, 1.807) is 14.0 Å². The van der Waals surface area contributed by atoms with Gasteiger partial charge in [0.1, 0.15) is 12.3 Å². The molecule has 0 radical (unpaired) electrons. The van der Waals surface area contributed by atoms with Gasteiger partial charge in [0.25, 0.3) is 5.91 Å². The highest BCUT2D eigenvalue weighted by Crippen LogP contribution is 2.28. The number of carbonyl (C=O) groups excluding carboxylic acids is 2. The fourth-order valence-electron chi connectivity index (χ4n) is 1.98. The number of nitrogens with zero attached hydrogens (tertiary/aromatic N) is 1. The van der Waals surface area contributed by atoms with Crippen molar-refractivity contribution in [2.45, 2.75) is 33.1 Å². The zero-order valence-corrected chi connectivity index (χ0v) is 13.8.